The number of nitrogens with two attached hydrogens (primary N) is 1. The number of halogens is 1. The molecule has 1 aromatic heterocycles. The molecule has 4 rings (SSSR count). The minimum atomic E-state index is -4.23. The number of hydrogen-bond donors (Lipinski definition) is 1. The van der Waals surface area contributed by atoms with Crippen molar-refractivity contribution in [2.24, 2.45) is 5.73 Å². The molecular weight excluding hydrogens is 465 g/mol. The Morgan fingerprint density at radius 2 is 1.82 bits per heavy atom. The Morgan fingerprint density at radius 1 is 1.12 bits per heavy atom. The van der Waals surface area contributed by atoms with Crippen LogP contribution in [0.15, 0.2) is 59.6 Å². The molecule has 1 amide bonds. The summed E-state index contributed by atoms with van der Waals surface area (Å²) in [7, 11) is -2.68. The van der Waals surface area contributed by atoms with Crippen LogP contribution in [0.25, 0.3) is 0 Å². The first-order valence-corrected chi connectivity index (χ1v) is 11.7. The van der Waals surface area contributed by atoms with Crippen LogP contribution in [0, 0.1) is 12.7 Å². The molecule has 2 N–H and O–H groups in total. The van der Waals surface area contributed by atoms with Gasteiger partial charge in [-0.3, -0.25) is 0 Å². The molecule has 3 aromatic rings. The lowest BCUT2D eigenvalue weighted by atomic mass is 9.94. The molecule has 2 heterocycles. The van der Waals surface area contributed by atoms with E-state index >= 15 is 0 Å². The SMILES string of the molecule is COc1ccc(Oc2ccc(S(=O)(=O)N3CCc4c(C)ccc(F)c4C3OC(N)=O)cn2)cc1. The summed E-state index contributed by atoms with van der Waals surface area (Å²) in [5.74, 6) is 0.620. The number of aryl methyl sites for hydroxylation is 1. The van der Waals surface area contributed by atoms with Crippen molar-refractivity contribution in [2.45, 2.75) is 24.5 Å². The van der Waals surface area contributed by atoms with Gasteiger partial charge in [0.2, 0.25) is 15.9 Å². The minimum Gasteiger partial charge on any atom is -0.497 e. The fraction of sp³-hybridized carbons (Fsp3) is 0.217. The number of amides is 1. The molecule has 9 nitrogen and oxygen atoms in total. The van der Waals surface area contributed by atoms with Crippen LogP contribution in [-0.4, -0.2) is 37.5 Å². The number of aromatic nitrogens is 1. The van der Waals surface area contributed by atoms with E-state index in [-0.39, 0.29) is 29.3 Å². The Bertz CT molecular complexity index is 1310. The highest BCUT2D eigenvalue weighted by atomic mass is 32.2. The van der Waals surface area contributed by atoms with Gasteiger partial charge in [-0.25, -0.2) is 22.6 Å². The van der Waals surface area contributed by atoms with Gasteiger partial charge in [-0.15, -0.1) is 0 Å². The molecule has 34 heavy (non-hydrogen) atoms. The van der Waals surface area contributed by atoms with Gasteiger partial charge in [0.1, 0.15) is 22.2 Å². The van der Waals surface area contributed by atoms with Crippen molar-refractivity contribution >= 4 is 16.1 Å². The second-order valence-electron chi connectivity index (χ2n) is 7.52. The average molecular weight is 488 g/mol. The number of sulfonamides is 1. The van der Waals surface area contributed by atoms with Gasteiger partial charge in [0.25, 0.3) is 0 Å². The van der Waals surface area contributed by atoms with Gasteiger partial charge in [0.15, 0.2) is 6.23 Å². The quantitative estimate of drug-likeness (QED) is 0.563. The summed E-state index contributed by atoms with van der Waals surface area (Å²) in [4.78, 5) is 15.5. The van der Waals surface area contributed by atoms with E-state index in [0.717, 1.165) is 16.1 Å². The molecule has 1 aliphatic heterocycles. The molecule has 0 spiro atoms. The summed E-state index contributed by atoms with van der Waals surface area (Å²) in [6, 6.07) is 12.3. The summed E-state index contributed by atoms with van der Waals surface area (Å²) < 4.78 is 58.3. The van der Waals surface area contributed by atoms with Gasteiger partial charge < -0.3 is 19.9 Å². The maximum atomic E-state index is 14.7. The number of primary amides is 1. The predicted octanol–water partition coefficient (Wildman–Crippen LogP) is 3.67. The minimum absolute atomic E-state index is 0.0268. The Balaban J connectivity index is 1.63. The third-order valence-electron chi connectivity index (χ3n) is 5.45. The number of benzene rings is 2. The number of carbonyl (C=O) groups is 1. The van der Waals surface area contributed by atoms with Crippen molar-refractivity contribution in [3.8, 4) is 17.4 Å². The summed E-state index contributed by atoms with van der Waals surface area (Å²) in [5.41, 5.74) is 6.50. The Kier molecular flexibility index (Phi) is 6.40. The highest BCUT2D eigenvalue weighted by Crippen LogP contribution is 2.38. The summed E-state index contributed by atoms with van der Waals surface area (Å²) in [6.07, 6.45) is -1.40. The molecule has 0 saturated carbocycles. The van der Waals surface area contributed by atoms with Gasteiger partial charge in [0, 0.05) is 18.2 Å². The Labute approximate surface area is 195 Å². The highest BCUT2D eigenvalue weighted by Gasteiger charge is 2.41. The van der Waals surface area contributed by atoms with E-state index in [4.69, 9.17) is 19.9 Å². The molecular formula is C23H22FN3O6S. The van der Waals surface area contributed by atoms with Crippen LogP contribution in [0.2, 0.25) is 0 Å². The summed E-state index contributed by atoms with van der Waals surface area (Å²) in [6.45, 7) is 1.73. The first kappa shape index (κ1) is 23.5. The molecule has 178 valence electrons. The first-order chi connectivity index (χ1) is 16.2. The monoisotopic (exact) mass is 487 g/mol. The smallest absolute Gasteiger partial charge is 0.406 e. The molecule has 11 heteroatoms. The number of hydrogen-bond acceptors (Lipinski definition) is 7. The van der Waals surface area contributed by atoms with Crippen molar-refractivity contribution in [3.05, 3.63) is 77.2 Å². The van der Waals surface area contributed by atoms with E-state index in [1.807, 2.05) is 0 Å². The molecule has 2 aromatic carbocycles. The lowest BCUT2D eigenvalue weighted by Gasteiger charge is -2.35. The number of rotatable bonds is 6. The fourth-order valence-corrected chi connectivity index (χ4v) is 5.21. The molecule has 1 aliphatic rings. The van der Waals surface area contributed by atoms with Gasteiger partial charge >= 0.3 is 6.09 Å². The van der Waals surface area contributed by atoms with E-state index in [1.54, 1.807) is 44.4 Å². The summed E-state index contributed by atoms with van der Waals surface area (Å²) in [5, 5.41) is 0. The van der Waals surface area contributed by atoms with E-state index < -0.39 is 28.2 Å². The second-order valence-corrected chi connectivity index (χ2v) is 9.41. The van der Waals surface area contributed by atoms with Crippen molar-refractivity contribution in [1.82, 2.24) is 9.29 Å². The number of pyridine rings is 1. The molecule has 1 atom stereocenters. The van der Waals surface area contributed by atoms with Gasteiger partial charge in [-0.1, -0.05) is 6.07 Å². The van der Waals surface area contributed by atoms with Gasteiger partial charge in [0.05, 0.1) is 13.3 Å². The normalized spacial score (nSPS) is 15.9. The Morgan fingerprint density at radius 3 is 2.44 bits per heavy atom. The number of carbonyl (C=O) groups excluding carboxylic acids is 1. The molecule has 0 fully saturated rings. The van der Waals surface area contributed by atoms with Crippen molar-refractivity contribution in [3.63, 3.8) is 0 Å². The van der Waals surface area contributed by atoms with Crippen LogP contribution in [0.1, 0.15) is 22.9 Å². The van der Waals surface area contributed by atoms with Crippen LogP contribution in [-0.2, 0) is 21.2 Å². The molecule has 0 aliphatic carbocycles. The zero-order valence-electron chi connectivity index (χ0n) is 18.4. The maximum Gasteiger partial charge on any atom is 0.406 e. The third kappa shape index (κ3) is 4.52. The molecule has 0 saturated heterocycles. The van der Waals surface area contributed by atoms with Crippen LogP contribution >= 0.6 is 0 Å². The average Bonchev–Trinajstić information content (AvgIpc) is 2.82. The number of methoxy groups -OCH3 is 1. The van der Waals surface area contributed by atoms with Gasteiger partial charge in [-0.2, -0.15) is 4.31 Å². The number of fused-ring (bicyclic) bond motifs is 1. The lowest BCUT2D eigenvalue weighted by molar-refractivity contribution is 0.0268. The Hall–Kier alpha value is -3.70. The fourth-order valence-electron chi connectivity index (χ4n) is 3.78. The predicted molar refractivity (Wildman–Crippen MR) is 119 cm³/mol. The number of nitrogens with zero attached hydrogens (tertiary/aromatic N) is 2. The summed E-state index contributed by atoms with van der Waals surface area (Å²) >= 11 is 0. The third-order valence-corrected chi connectivity index (χ3v) is 7.28. The molecule has 0 bridgehead atoms. The van der Waals surface area contributed by atoms with Crippen LogP contribution in [0.3, 0.4) is 0 Å². The zero-order chi connectivity index (χ0) is 24.5. The van der Waals surface area contributed by atoms with Gasteiger partial charge in [-0.05, 0) is 60.9 Å². The first-order valence-electron chi connectivity index (χ1n) is 10.2. The standard InChI is InChI=1S/C23H22FN3O6S/c1-14-3-9-19(24)21-18(14)11-12-27(22(21)33-23(25)28)34(29,30)17-8-10-20(26-13-17)32-16-6-4-15(31-2)5-7-16/h3-10,13,22H,11-12H2,1-2H3,(H2,25,28). The maximum absolute atomic E-state index is 14.7. The largest absolute Gasteiger partial charge is 0.497 e. The van der Waals surface area contributed by atoms with Crippen LogP contribution in [0.5, 0.6) is 17.4 Å². The second kappa shape index (κ2) is 9.27. The highest BCUT2D eigenvalue weighted by molar-refractivity contribution is 7.89. The van der Waals surface area contributed by atoms with E-state index in [0.29, 0.717) is 17.1 Å². The lowest BCUT2D eigenvalue weighted by Crippen LogP contribution is -2.43. The van der Waals surface area contributed by atoms with E-state index in [1.165, 1.54) is 18.2 Å². The molecule has 1 unspecified atom stereocenters. The van der Waals surface area contributed by atoms with E-state index in [2.05, 4.69) is 4.98 Å². The zero-order valence-corrected chi connectivity index (χ0v) is 19.2. The van der Waals surface area contributed by atoms with Crippen LogP contribution < -0.4 is 15.2 Å². The molecule has 0 radical (unpaired) electrons. The van der Waals surface area contributed by atoms with Crippen molar-refractivity contribution in [1.29, 1.82) is 0 Å². The topological polar surface area (TPSA) is 121 Å². The number of ether oxygens (including phenoxy) is 3. The van der Waals surface area contributed by atoms with E-state index in [9.17, 15) is 17.6 Å². The van der Waals surface area contributed by atoms with Crippen molar-refractivity contribution < 1.29 is 31.8 Å². The van der Waals surface area contributed by atoms with Crippen molar-refractivity contribution in [2.75, 3.05) is 13.7 Å². The van der Waals surface area contributed by atoms with Crippen LogP contribution in [0.4, 0.5) is 9.18 Å².